The molecule has 108 valence electrons. The first-order chi connectivity index (χ1) is 10.0. The lowest BCUT2D eigenvalue weighted by Crippen LogP contribution is -2.05. The zero-order valence-corrected chi connectivity index (χ0v) is 13.5. The summed E-state index contributed by atoms with van der Waals surface area (Å²) >= 11 is 9.45. The summed E-state index contributed by atoms with van der Waals surface area (Å²) in [5.41, 5.74) is 8.88. The van der Waals surface area contributed by atoms with Crippen molar-refractivity contribution in [1.82, 2.24) is 0 Å². The molecule has 5 heteroatoms. The summed E-state index contributed by atoms with van der Waals surface area (Å²) in [6, 6.07) is 8.89. The van der Waals surface area contributed by atoms with Crippen molar-refractivity contribution in [3.05, 3.63) is 56.5 Å². The molecule has 0 aliphatic carbocycles. The topological polar surface area (TPSA) is 52.3 Å². The number of carbonyl (C=O) groups excluding carboxylic acids is 1. The molecule has 3 rings (SSSR count). The molecule has 0 amide bonds. The third-order valence-electron chi connectivity index (χ3n) is 3.50. The lowest BCUT2D eigenvalue weighted by atomic mass is 10.00. The van der Waals surface area contributed by atoms with Crippen LogP contribution >= 0.6 is 27.5 Å². The van der Waals surface area contributed by atoms with E-state index in [1.54, 1.807) is 24.3 Å². The number of anilines is 1. The van der Waals surface area contributed by atoms with Crippen LogP contribution in [0.5, 0.6) is 5.75 Å². The van der Waals surface area contributed by atoms with E-state index in [0.29, 0.717) is 22.9 Å². The molecule has 0 saturated heterocycles. The molecule has 0 unspecified atom stereocenters. The van der Waals surface area contributed by atoms with Crippen LogP contribution < -0.4 is 10.5 Å². The zero-order valence-electron chi connectivity index (χ0n) is 11.2. The Balaban J connectivity index is 1.90. The van der Waals surface area contributed by atoms with Gasteiger partial charge in [-0.15, -0.1) is 0 Å². The van der Waals surface area contributed by atoms with Crippen LogP contribution in [0.3, 0.4) is 0 Å². The van der Waals surface area contributed by atoms with Crippen LogP contribution in [-0.4, -0.2) is 12.4 Å². The number of rotatable bonds is 3. The first-order valence-corrected chi connectivity index (χ1v) is 7.74. The molecule has 2 aromatic rings. The summed E-state index contributed by atoms with van der Waals surface area (Å²) in [5.74, 6) is 0.818. The van der Waals surface area contributed by atoms with Gasteiger partial charge in [-0.1, -0.05) is 11.6 Å². The number of fused-ring (bicyclic) bond motifs is 1. The highest BCUT2D eigenvalue weighted by molar-refractivity contribution is 9.10. The summed E-state index contributed by atoms with van der Waals surface area (Å²) in [6.07, 6.45) is 1.10. The van der Waals surface area contributed by atoms with Gasteiger partial charge in [0.1, 0.15) is 5.75 Å². The van der Waals surface area contributed by atoms with Gasteiger partial charge in [0.05, 0.1) is 6.61 Å². The maximum Gasteiger partial charge on any atom is 0.167 e. The second-order valence-electron chi connectivity index (χ2n) is 4.99. The van der Waals surface area contributed by atoms with Crippen LogP contribution in [0.15, 0.2) is 34.8 Å². The van der Waals surface area contributed by atoms with E-state index in [-0.39, 0.29) is 12.2 Å². The SMILES string of the molecule is Nc1ccc(C(=O)Cc2cc(Cl)cc3c2OCC3)cc1Br. The molecule has 2 aromatic carbocycles. The van der Waals surface area contributed by atoms with Gasteiger partial charge in [-0.05, 0) is 51.8 Å². The third kappa shape index (κ3) is 2.92. The number of Topliss-reactive ketones (excluding diaryl/α,β-unsaturated/α-hetero) is 1. The molecule has 0 aromatic heterocycles. The van der Waals surface area contributed by atoms with Gasteiger partial charge in [0.2, 0.25) is 0 Å². The third-order valence-corrected chi connectivity index (χ3v) is 4.40. The van der Waals surface area contributed by atoms with E-state index in [9.17, 15) is 4.79 Å². The molecule has 0 atom stereocenters. The Hall–Kier alpha value is -1.52. The Morgan fingerprint density at radius 1 is 1.33 bits per heavy atom. The first kappa shape index (κ1) is 14.4. The van der Waals surface area contributed by atoms with Gasteiger partial charge in [0.15, 0.2) is 5.78 Å². The smallest absolute Gasteiger partial charge is 0.167 e. The highest BCUT2D eigenvalue weighted by atomic mass is 79.9. The molecular weight excluding hydrogens is 354 g/mol. The molecule has 3 nitrogen and oxygen atoms in total. The number of nitrogens with two attached hydrogens (primary N) is 1. The maximum atomic E-state index is 12.4. The van der Waals surface area contributed by atoms with Crippen LogP contribution in [0, 0.1) is 0 Å². The minimum atomic E-state index is 0.00988. The Morgan fingerprint density at radius 2 is 2.14 bits per heavy atom. The second-order valence-corrected chi connectivity index (χ2v) is 6.28. The van der Waals surface area contributed by atoms with Crippen molar-refractivity contribution < 1.29 is 9.53 Å². The summed E-state index contributed by atoms with van der Waals surface area (Å²) in [6.45, 7) is 0.643. The number of ether oxygens (including phenoxy) is 1. The van der Waals surface area contributed by atoms with E-state index in [2.05, 4.69) is 15.9 Å². The Labute approximate surface area is 136 Å². The van der Waals surface area contributed by atoms with Crippen molar-refractivity contribution >= 4 is 39.0 Å². The average molecular weight is 367 g/mol. The fraction of sp³-hybridized carbons (Fsp3) is 0.188. The minimum absolute atomic E-state index is 0.00988. The van der Waals surface area contributed by atoms with Crippen molar-refractivity contribution in [2.45, 2.75) is 12.8 Å². The molecule has 21 heavy (non-hydrogen) atoms. The molecule has 1 aliphatic rings. The predicted octanol–water partition coefficient (Wildman–Crippen LogP) is 4.05. The van der Waals surface area contributed by atoms with Gasteiger partial charge in [-0.25, -0.2) is 0 Å². The number of hydrogen-bond acceptors (Lipinski definition) is 3. The van der Waals surface area contributed by atoms with Crippen molar-refractivity contribution in [3.8, 4) is 5.75 Å². The molecule has 1 aliphatic heterocycles. The first-order valence-electron chi connectivity index (χ1n) is 6.57. The fourth-order valence-corrected chi connectivity index (χ4v) is 3.10. The van der Waals surface area contributed by atoms with Gasteiger partial charge >= 0.3 is 0 Å². The number of carbonyl (C=O) groups is 1. The molecule has 0 fully saturated rings. The molecule has 0 spiro atoms. The lowest BCUT2D eigenvalue weighted by molar-refractivity contribution is 0.0992. The fourth-order valence-electron chi connectivity index (χ4n) is 2.45. The van der Waals surface area contributed by atoms with E-state index in [4.69, 9.17) is 22.1 Å². The van der Waals surface area contributed by atoms with Crippen molar-refractivity contribution in [2.24, 2.45) is 0 Å². The number of hydrogen-bond donors (Lipinski definition) is 1. The van der Waals surface area contributed by atoms with Crippen LogP contribution in [0.25, 0.3) is 0 Å². The quantitative estimate of drug-likeness (QED) is 0.659. The molecule has 2 N–H and O–H groups in total. The van der Waals surface area contributed by atoms with Crippen molar-refractivity contribution in [2.75, 3.05) is 12.3 Å². The summed E-state index contributed by atoms with van der Waals surface area (Å²) < 4.78 is 6.35. The predicted molar refractivity (Wildman–Crippen MR) is 87.2 cm³/mol. The zero-order chi connectivity index (χ0) is 15.0. The molecule has 1 heterocycles. The molecule has 0 saturated carbocycles. The minimum Gasteiger partial charge on any atom is -0.493 e. The molecular formula is C16H13BrClNO2. The van der Waals surface area contributed by atoms with Gasteiger partial charge < -0.3 is 10.5 Å². The Morgan fingerprint density at radius 3 is 2.90 bits per heavy atom. The largest absolute Gasteiger partial charge is 0.493 e. The van der Waals surface area contributed by atoms with E-state index in [0.717, 1.165) is 27.8 Å². The average Bonchev–Trinajstić information content (AvgIpc) is 2.90. The highest BCUT2D eigenvalue weighted by Crippen LogP contribution is 2.33. The maximum absolute atomic E-state index is 12.4. The van der Waals surface area contributed by atoms with Gasteiger partial charge in [-0.3, -0.25) is 4.79 Å². The molecule has 0 bridgehead atoms. The van der Waals surface area contributed by atoms with Gasteiger partial charge in [0, 0.05) is 39.2 Å². The van der Waals surface area contributed by atoms with Gasteiger partial charge in [0.25, 0.3) is 0 Å². The Bertz CT molecular complexity index is 730. The summed E-state index contributed by atoms with van der Waals surface area (Å²) in [7, 11) is 0. The number of halogens is 2. The van der Waals surface area contributed by atoms with E-state index in [1.807, 2.05) is 6.07 Å². The summed E-state index contributed by atoms with van der Waals surface area (Å²) in [4.78, 5) is 12.4. The van der Waals surface area contributed by atoms with E-state index < -0.39 is 0 Å². The normalized spacial score (nSPS) is 12.9. The van der Waals surface area contributed by atoms with Crippen molar-refractivity contribution in [1.29, 1.82) is 0 Å². The van der Waals surface area contributed by atoms with Crippen LogP contribution in [0.2, 0.25) is 5.02 Å². The molecule has 0 radical (unpaired) electrons. The van der Waals surface area contributed by atoms with Crippen LogP contribution in [-0.2, 0) is 12.8 Å². The van der Waals surface area contributed by atoms with E-state index >= 15 is 0 Å². The number of benzene rings is 2. The second kappa shape index (κ2) is 5.70. The Kier molecular flexibility index (Phi) is 3.91. The standard InChI is InChI=1S/C16H13BrClNO2/c17-13-7-9(1-2-14(13)19)15(20)8-11-6-12(18)5-10-3-4-21-16(10)11/h1-2,5-7H,3-4,8,19H2. The van der Waals surface area contributed by atoms with Crippen molar-refractivity contribution in [3.63, 3.8) is 0 Å². The number of nitrogen functional groups attached to an aromatic ring is 1. The van der Waals surface area contributed by atoms with Crippen LogP contribution in [0.1, 0.15) is 21.5 Å². The van der Waals surface area contributed by atoms with E-state index in [1.165, 1.54) is 0 Å². The van der Waals surface area contributed by atoms with Gasteiger partial charge in [-0.2, -0.15) is 0 Å². The monoisotopic (exact) mass is 365 g/mol. The van der Waals surface area contributed by atoms with Crippen LogP contribution in [0.4, 0.5) is 5.69 Å². The highest BCUT2D eigenvalue weighted by Gasteiger charge is 2.20. The lowest BCUT2D eigenvalue weighted by Gasteiger charge is -2.09. The number of ketones is 1. The summed E-state index contributed by atoms with van der Waals surface area (Å²) in [5, 5.41) is 0.639.